The quantitative estimate of drug-likeness (QED) is 0.892. The summed E-state index contributed by atoms with van der Waals surface area (Å²) >= 11 is 0. The fourth-order valence-corrected chi connectivity index (χ4v) is 2.71. The van der Waals surface area contributed by atoms with Crippen molar-refractivity contribution in [3.8, 4) is 5.75 Å². The van der Waals surface area contributed by atoms with Crippen LogP contribution in [0.15, 0.2) is 24.3 Å². The normalized spacial score (nSPS) is 18.5. The Labute approximate surface area is 139 Å². The number of carbonyl (C=O) groups is 1. The van der Waals surface area contributed by atoms with Gasteiger partial charge in [-0.15, -0.1) is 0 Å². The number of hydrogen-bond acceptors (Lipinski definition) is 3. The largest absolute Gasteiger partial charge is 0.497 e. The summed E-state index contributed by atoms with van der Waals surface area (Å²) in [7, 11) is 3.24. The minimum absolute atomic E-state index is 0.224. The first kappa shape index (κ1) is 18.4. The van der Waals surface area contributed by atoms with Crippen LogP contribution in [0.2, 0.25) is 0 Å². The van der Waals surface area contributed by atoms with Crippen LogP contribution in [0.4, 0.5) is 18.0 Å². The number of methoxy groups -OCH3 is 1. The van der Waals surface area contributed by atoms with E-state index in [4.69, 9.17) is 4.74 Å². The topological polar surface area (TPSA) is 44.8 Å². The molecule has 0 aliphatic carbocycles. The molecule has 1 saturated heterocycles. The first-order valence-corrected chi connectivity index (χ1v) is 7.70. The van der Waals surface area contributed by atoms with Gasteiger partial charge >= 0.3 is 12.2 Å². The third-order valence-corrected chi connectivity index (χ3v) is 3.93. The van der Waals surface area contributed by atoms with Crippen LogP contribution >= 0.6 is 0 Å². The number of ether oxygens (including phenoxy) is 1. The number of amides is 2. The number of hydrogen-bond donors (Lipinski definition) is 1. The summed E-state index contributed by atoms with van der Waals surface area (Å²) in [5.74, 6) is 0.738. The van der Waals surface area contributed by atoms with E-state index in [-0.39, 0.29) is 18.6 Å². The van der Waals surface area contributed by atoms with Crippen molar-refractivity contribution in [1.82, 2.24) is 15.1 Å². The van der Waals surface area contributed by atoms with E-state index >= 15 is 0 Å². The van der Waals surface area contributed by atoms with Gasteiger partial charge in [-0.1, -0.05) is 12.1 Å². The predicted octanol–water partition coefficient (Wildman–Crippen LogP) is 2.47. The van der Waals surface area contributed by atoms with E-state index in [1.54, 1.807) is 14.2 Å². The summed E-state index contributed by atoms with van der Waals surface area (Å²) in [5.41, 5.74) is 0.943. The van der Waals surface area contributed by atoms with Gasteiger partial charge in [0.25, 0.3) is 0 Å². The second-order valence-electron chi connectivity index (χ2n) is 5.99. The number of halogens is 3. The Balaban J connectivity index is 1.79. The molecule has 0 aromatic heterocycles. The predicted molar refractivity (Wildman–Crippen MR) is 83.9 cm³/mol. The number of benzene rings is 1. The summed E-state index contributed by atoms with van der Waals surface area (Å²) in [4.78, 5) is 15.0. The third-order valence-electron chi connectivity index (χ3n) is 3.93. The number of alkyl halides is 3. The number of nitrogens with one attached hydrogen (secondary N) is 1. The van der Waals surface area contributed by atoms with Crippen LogP contribution in [-0.2, 0) is 6.54 Å². The molecule has 0 saturated carbocycles. The highest BCUT2D eigenvalue weighted by molar-refractivity contribution is 5.74. The molecule has 1 aromatic rings. The van der Waals surface area contributed by atoms with E-state index in [2.05, 4.69) is 5.32 Å². The molecule has 5 nitrogen and oxygen atoms in total. The molecule has 0 radical (unpaired) electrons. The summed E-state index contributed by atoms with van der Waals surface area (Å²) in [5, 5.41) is 2.79. The maximum Gasteiger partial charge on any atom is 0.401 e. The zero-order chi connectivity index (χ0) is 17.7. The molecule has 1 unspecified atom stereocenters. The average molecular weight is 345 g/mol. The summed E-state index contributed by atoms with van der Waals surface area (Å²) < 4.78 is 42.2. The van der Waals surface area contributed by atoms with Gasteiger partial charge in [-0.2, -0.15) is 13.2 Å². The van der Waals surface area contributed by atoms with E-state index in [0.29, 0.717) is 19.5 Å². The maximum absolute atomic E-state index is 12.4. The molecule has 134 valence electrons. The van der Waals surface area contributed by atoms with Gasteiger partial charge in [0.15, 0.2) is 0 Å². The first-order chi connectivity index (χ1) is 11.3. The van der Waals surface area contributed by atoms with Crippen LogP contribution in [0.1, 0.15) is 12.0 Å². The molecule has 2 amide bonds. The van der Waals surface area contributed by atoms with E-state index in [1.807, 2.05) is 24.3 Å². The number of likely N-dealkylation sites (tertiary alicyclic amines) is 1. The van der Waals surface area contributed by atoms with E-state index in [9.17, 15) is 18.0 Å². The number of nitrogens with zero attached hydrogens (tertiary/aromatic N) is 2. The molecule has 1 aliphatic rings. The lowest BCUT2D eigenvalue weighted by molar-refractivity contribution is -0.143. The maximum atomic E-state index is 12.4. The van der Waals surface area contributed by atoms with Crippen molar-refractivity contribution in [2.45, 2.75) is 25.2 Å². The van der Waals surface area contributed by atoms with Crippen LogP contribution in [0, 0.1) is 0 Å². The van der Waals surface area contributed by atoms with E-state index in [1.165, 1.54) is 9.80 Å². The molecule has 8 heteroatoms. The smallest absolute Gasteiger partial charge is 0.401 e. The minimum Gasteiger partial charge on any atom is -0.497 e. The Morgan fingerprint density at radius 2 is 2.04 bits per heavy atom. The fraction of sp³-hybridized carbons (Fsp3) is 0.562. The SMILES string of the molecule is COc1ccc(CN(C)C(=O)NC2CCN(CC(F)(F)F)C2)cc1. The van der Waals surface area contributed by atoms with Gasteiger partial charge in [-0.05, 0) is 24.1 Å². The third kappa shape index (κ3) is 5.59. The van der Waals surface area contributed by atoms with Crippen molar-refractivity contribution in [1.29, 1.82) is 0 Å². The number of carbonyl (C=O) groups excluding carboxylic acids is 1. The molecule has 1 aromatic carbocycles. The molecule has 1 heterocycles. The Hall–Kier alpha value is -1.96. The van der Waals surface area contributed by atoms with Crippen molar-refractivity contribution >= 4 is 6.03 Å². The Bertz CT molecular complexity index is 548. The van der Waals surface area contributed by atoms with Crippen molar-refractivity contribution < 1.29 is 22.7 Å². The molecular formula is C16H22F3N3O2. The van der Waals surface area contributed by atoms with Gasteiger partial charge in [-0.25, -0.2) is 4.79 Å². The molecule has 1 N–H and O–H groups in total. The van der Waals surface area contributed by atoms with Crippen LogP contribution < -0.4 is 10.1 Å². The molecule has 24 heavy (non-hydrogen) atoms. The molecule has 2 rings (SSSR count). The summed E-state index contributed by atoms with van der Waals surface area (Å²) in [6.45, 7) is 0.0458. The van der Waals surface area contributed by atoms with Gasteiger partial charge < -0.3 is 15.0 Å². The van der Waals surface area contributed by atoms with Gasteiger partial charge in [0, 0.05) is 32.7 Å². The van der Waals surface area contributed by atoms with Gasteiger partial charge in [-0.3, -0.25) is 4.90 Å². The van der Waals surface area contributed by atoms with Crippen LogP contribution in [-0.4, -0.2) is 61.8 Å². The first-order valence-electron chi connectivity index (χ1n) is 7.70. The van der Waals surface area contributed by atoms with Crippen LogP contribution in [0.25, 0.3) is 0 Å². The van der Waals surface area contributed by atoms with Gasteiger partial charge in [0.1, 0.15) is 5.75 Å². The fourth-order valence-electron chi connectivity index (χ4n) is 2.71. The molecule has 1 atom stereocenters. The zero-order valence-electron chi connectivity index (χ0n) is 13.8. The molecular weight excluding hydrogens is 323 g/mol. The molecule has 0 bridgehead atoms. The monoisotopic (exact) mass is 345 g/mol. The number of rotatable bonds is 5. The minimum atomic E-state index is -4.20. The highest BCUT2D eigenvalue weighted by atomic mass is 19.4. The second kappa shape index (κ2) is 7.74. The lowest BCUT2D eigenvalue weighted by Crippen LogP contribution is -2.44. The lowest BCUT2D eigenvalue weighted by Gasteiger charge is -2.22. The summed E-state index contributed by atoms with van der Waals surface area (Å²) in [6, 6.07) is 6.81. The van der Waals surface area contributed by atoms with Gasteiger partial charge in [0.05, 0.1) is 13.7 Å². The Morgan fingerprint density at radius 1 is 1.38 bits per heavy atom. The molecule has 1 fully saturated rings. The van der Waals surface area contributed by atoms with E-state index < -0.39 is 12.7 Å². The van der Waals surface area contributed by atoms with E-state index in [0.717, 1.165) is 11.3 Å². The van der Waals surface area contributed by atoms with Crippen molar-refractivity contribution in [2.75, 3.05) is 33.8 Å². The summed E-state index contributed by atoms with van der Waals surface area (Å²) in [6.07, 6.45) is -3.68. The second-order valence-corrected chi connectivity index (χ2v) is 5.99. The van der Waals surface area contributed by atoms with Crippen molar-refractivity contribution in [3.05, 3.63) is 29.8 Å². The molecule has 1 aliphatic heterocycles. The standard InChI is InChI=1S/C16H22F3N3O2/c1-21(9-12-3-5-14(24-2)6-4-12)15(23)20-13-7-8-22(10-13)11-16(17,18)19/h3-6,13H,7-11H2,1-2H3,(H,20,23). The molecule has 0 spiro atoms. The highest BCUT2D eigenvalue weighted by Crippen LogP contribution is 2.20. The van der Waals surface area contributed by atoms with Gasteiger partial charge in [0.2, 0.25) is 0 Å². The Morgan fingerprint density at radius 3 is 2.62 bits per heavy atom. The van der Waals surface area contributed by atoms with Crippen molar-refractivity contribution in [3.63, 3.8) is 0 Å². The van der Waals surface area contributed by atoms with Crippen LogP contribution in [0.5, 0.6) is 5.75 Å². The Kier molecular flexibility index (Phi) is 5.93. The lowest BCUT2D eigenvalue weighted by atomic mass is 10.2. The van der Waals surface area contributed by atoms with Crippen LogP contribution in [0.3, 0.4) is 0 Å². The number of urea groups is 1. The average Bonchev–Trinajstić information content (AvgIpc) is 2.92. The zero-order valence-corrected chi connectivity index (χ0v) is 13.8. The highest BCUT2D eigenvalue weighted by Gasteiger charge is 2.34. The van der Waals surface area contributed by atoms with Crippen molar-refractivity contribution in [2.24, 2.45) is 0 Å².